The number of halogens is 1. The minimum absolute atomic E-state index is 0.139. The van der Waals surface area contributed by atoms with E-state index >= 15 is 0 Å². The fourth-order valence-corrected chi connectivity index (χ4v) is 1.99. The third-order valence-electron chi connectivity index (χ3n) is 2.39. The summed E-state index contributed by atoms with van der Waals surface area (Å²) in [6, 6.07) is 5.75. The van der Waals surface area contributed by atoms with Crippen LogP contribution >= 0.6 is 11.6 Å². The molecule has 68 valence electrons. The van der Waals surface area contributed by atoms with Crippen LogP contribution in [-0.4, -0.2) is 13.0 Å². The van der Waals surface area contributed by atoms with Crippen LogP contribution in [0.15, 0.2) is 18.2 Å². The van der Waals surface area contributed by atoms with E-state index in [0.29, 0.717) is 11.4 Å². The zero-order chi connectivity index (χ0) is 9.42. The lowest BCUT2D eigenvalue weighted by Crippen LogP contribution is -2.31. The van der Waals surface area contributed by atoms with Gasteiger partial charge in [-0.2, -0.15) is 0 Å². The van der Waals surface area contributed by atoms with Gasteiger partial charge in [-0.05, 0) is 18.1 Å². The first-order chi connectivity index (χ1) is 6.20. The molecule has 2 rings (SSSR count). The fraction of sp³-hybridized carbons (Fsp3) is 0.300. The van der Waals surface area contributed by atoms with E-state index in [1.165, 1.54) is 0 Å². The average Bonchev–Trinajstić information content (AvgIpc) is 2.12. The highest BCUT2D eigenvalue weighted by Crippen LogP contribution is 2.33. The highest BCUT2D eigenvalue weighted by Gasteiger charge is 2.22. The second kappa shape index (κ2) is 3.04. The standard InChI is InChI=1S/C10H10ClNO/c1-12-9(13)6-5-7-3-2-4-8(11)10(7)12/h2-4H,5-6H2,1H3. The molecule has 0 saturated carbocycles. The van der Waals surface area contributed by atoms with E-state index in [1.807, 2.05) is 18.2 Å². The number of nitrogens with zero attached hydrogens (tertiary/aromatic N) is 1. The summed E-state index contributed by atoms with van der Waals surface area (Å²) >= 11 is 6.01. The Hall–Kier alpha value is -1.02. The van der Waals surface area contributed by atoms with Crippen molar-refractivity contribution in [3.8, 4) is 0 Å². The Bertz CT molecular complexity index is 362. The quantitative estimate of drug-likeness (QED) is 0.622. The summed E-state index contributed by atoms with van der Waals surface area (Å²) in [5, 5.41) is 0.660. The van der Waals surface area contributed by atoms with Gasteiger partial charge in [0.25, 0.3) is 0 Å². The maximum atomic E-state index is 11.4. The van der Waals surface area contributed by atoms with Gasteiger partial charge in [-0.1, -0.05) is 23.7 Å². The number of para-hydroxylation sites is 1. The smallest absolute Gasteiger partial charge is 0.227 e. The molecule has 0 radical (unpaired) electrons. The lowest BCUT2D eigenvalue weighted by Gasteiger charge is -2.26. The molecule has 13 heavy (non-hydrogen) atoms. The molecule has 1 aliphatic heterocycles. The van der Waals surface area contributed by atoms with Crippen LogP contribution in [0.4, 0.5) is 5.69 Å². The molecule has 2 nitrogen and oxygen atoms in total. The summed E-state index contributed by atoms with van der Waals surface area (Å²) in [5.74, 6) is 0.139. The number of amides is 1. The van der Waals surface area contributed by atoms with Crippen LogP contribution in [0.2, 0.25) is 5.02 Å². The Labute approximate surface area is 82.1 Å². The van der Waals surface area contributed by atoms with Gasteiger partial charge in [0, 0.05) is 13.5 Å². The molecular formula is C10H10ClNO. The first kappa shape index (κ1) is 8.57. The van der Waals surface area contributed by atoms with Gasteiger partial charge in [-0.3, -0.25) is 4.79 Å². The molecule has 1 aliphatic rings. The minimum atomic E-state index is 0.139. The summed E-state index contributed by atoms with van der Waals surface area (Å²) in [6.45, 7) is 0. The number of aryl methyl sites for hydroxylation is 1. The topological polar surface area (TPSA) is 20.3 Å². The Kier molecular flexibility index (Phi) is 2.00. The zero-order valence-electron chi connectivity index (χ0n) is 7.38. The number of hydrogen-bond donors (Lipinski definition) is 0. The van der Waals surface area contributed by atoms with Crippen molar-refractivity contribution >= 4 is 23.2 Å². The molecule has 0 saturated heterocycles. The van der Waals surface area contributed by atoms with Gasteiger partial charge in [0.1, 0.15) is 0 Å². The highest BCUT2D eigenvalue weighted by atomic mass is 35.5. The van der Waals surface area contributed by atoms with E-state index in [4.69, 9.17) is 11.6 Å². The second-order valence-corrected chi connectivity index (χ2v) is 3.61. The number of carbonyl (C=O) groups is 1. The van der Waals surface area contributed by atoms with E-state index < -0.39 is 0 Å². The SMILES string of the molecule is CN1C(=O)CCc2cccc(Cl)c21. The van der Waals surface area contributed by atoms with Crippen molar-refractivity contribution in [1.82, 2.24) is 0 Å². The van der Waals surface area contributed by atoms with Crippen molar-refractivity contribution in [2.24, 2.45) is 0 Å². The van der Waals surface area contributed by atoms with Crippen molar-refractivity contribution in [2.45, 2.75) is 12.8 Å². The molecular weight excluding hydrogens is 186 g/mol. The molecule has 0 fully saturated rings. The van der Waals surface area contributed by atoms with Crippen LogP contribution in [0.3, 0.4) is 0 Å². The molecule has 3 heteroatoms. The van der Waals surface area contributed by atoms with E-state index in [-0.39, 0.29) is 5.91 Å². The van der Waals surface area contributed by atoms with Gasteiger partial charge in [0.05, 0.1) is 10.7 Å². The molecule has 0 aliphatic carbocycles. The molecule has 1 aromatic rings. The number of rotatable bonds is 0. The van der Waals surface area contributed by atoms with Gasteiger partial charge in [0.15, 0.2) is 0 Å². The van der Waals surface area contributed by atoms with E-state index in [1.54, 1.807) is 11.9 Å². The van der Waals surface area contributed by atoms with Gasteiger partial charge >= 0.3 is 0 Å². The fourth-order valence-electron chi connectivity index (χ4n) is 1.67. The van der Waals surface area contributed by atoms with Crippen molar-refractivity contribution in [3.05, 3.63) is 28.8 Å². The molecule has 1 amide bonds. The normalized spacial score (nSPS) is 15.8. The molecule has 1 aromatic carbocycles. The molecule has 0 atom stereocenters. The largest absolute Gasteiger partial charge is 0.314 e. The Morgan fingerprint density at radius 3 is 2.92 bits per heavy atom. The Morgan fingerprint density at radius 1 is 1.38 bits per heavy atom. The number of carbonyl (C=O) groups excluding carboxylic acids is 1. The van der Waals surface area contributed by atoms with Crippen LogP contribution in [0, 0.1) is 0 Å². The number of hydrogen-bond acceptors (Lipinski definition) is 1. The number of benzene rings is 1. The third kappa shape index (κ3) is 1.31. The second-order valence-electron chi connectivity index (χ2n) is 3.20. The van der Waals surface area contributed by atoms with E-state index in [0.717, 1.165) is 17.7 Å². The lowest BCUT2D eigenvalue weighted by atomic mass is 10.0. The first-order valence-corrected chi connectivity index (χ1v) is 4.62. The van der Waals surface area contributed by atoms with Crippen LogP contribution < -0.4 is 4.90 Å². The van der Waals surface area contributed by atoms with Gasteiger partial charge < -0.3 is 4.90 Å². The predicted molar refractivity (Wildman–Crippen MR) is 53.2 cm³/mol. The van der Waals surface area contributed by atoms with E-state index in [2.05, 4.69) is 0 Å². The van der Waals surface area contributed by atoms with Gasteiger partial charge in [-0.25, -0.2) is 0 Å². The maximum absolute atomic E-state index is 11.4. The first-order valence-electron chi connectivity index (χ1n) is 4.24. The Balaban J connectivity index is 2.57. The maximum Gasteiger partial charge on any atom is 0.227 e. The zero-order valence-corrected chi connectivity index (χ0v) is 8.14. The molecule has 1 heterocycles. The summed E-state index contributed by atoms with van der Waals surface area (Å²) in [7, 11) is 1.77. The van der Waals surface area contributed by atoms with Gasteiger partial charge in [0.2, 0.25) is 5.91 Å². The van der Waals surface area contributed by atoms with Crippen molar-refractivity contribution < 1.29 is 4.79 Å². The lowest BCUT2D eigenvalue weighted by molar-refractivity contribution is -0.118. The number of fused-ring (bicyclic) bond motifs is 1. The predicted octanol–water partition coefficient (Wildman–Crippen LogP) is 2.25. The minimum Gasteiger partial charge on any atom is -0.314 e. The van der Waals surface area contributed by atoms with Crippen LogP contribution in [0.25, 0.3) is 0 Å². The number of anilines is 1. The molecule has 0 bridgehead atoms. The molecule has 0 unspecified atom stereocenters. The van der Waals surface area contributed by atoms with Crippen molar-refractivity contribution in [3.63, 3.8) is 0 Å². The summed E-state index contributed by atoms with van der Waals surface area (Å²) in [4.78, 5) is 13.0. The molecule has 0 N–H and O–H groups in total. The van der Waals surface area contributed by atoms with Crippen LogP contribution in [0.5, 0.6) is 0 Å². The monoisotopic (exact) mass is 195 g/mol. The summed E-state index contributed by atoms with van der Waals surface area (Å²) < 4.78 is 0. The van der Waals surface area contributed by atoms with Crippen molar-refractivity contribution in [2.75, 3.05) is 11.9 Å². The molecule has 0 aromatic heterocycles. The van der Waals surface area contributed by atoms with Crippen LogP contribution in [-0.2, 0) is 11.2 Å². The summed E-state index contributed by atoms with van der Waals surface area (Å²) in [5.41, 5.74) is 2.04. The van der Waals surface area contributed by atoms with Crippen LogP contribution in [0.1, 0.15) is 12.0 Å². The Morgan fingerprint density at radius 2 is 2.15 bits per heavy atom. The van der Waals surface area contributed by atoms with E-state index in [9.17, 15) is 4.79 Å². The molecule has 0 spiro atoms. The van der Waals surface area contributed by atoms with Gasteiger partial charge in [-0.15, -0.1) is 0 Å². The van der Waals surface area contributed by atoms with Crippen molar-refractivity contribution in [1.29, 1.82) is 0 Å². The summed E-state index contributed by atoms with van der Waals surface area (Å²) in [6.07, 6.45) is 1.39. The average molecular weight is 196 g/mol. The third-order valence-corrected chi connectivity index (χ3v) is 2.69. The highest BCUT2D eigenvalue weighted by molar-refractivity contribution is 6.34.